The SMILES string of the molecule is CC1CCC(NC(=O)N[C@H](CC(=O)O)C(=O)O)C1C. The number of urea groups is 1. The Morgan fingerprint density at radius 3 is 2.26 bits per heavy atom. The molecule has 0 heterocycles. The lowest BCUT2D eigenvalue weighted by atomic mass is 9.98. The van der Waals surface area contributed by atoms with Gasteiger partial charge in [0.05, 0.1) is 6.42 Å². The molecule has 4 N–H and O–H groups in total. The highest BCUT2D eigenvalue weighted by atomic mass is 16.4. The van der Waals surface area contributed by atoms with Crippen molar-refractivity contribution in [2.75, 3.05) is 0 Å². The Balaban J connectivity index is 2.49. The standard InChI is InChI=1S/C12H20N2O5/c1-6-3-4-8(7(6)2)13-12(19)14-9(11(17)18)5-10(15)16/h6-9H,3-5H2,1-2H3,(H,15,16)(H,17,18)(H2,13,14,19)/t6?,7?,8?,9-/m1/s1. The lowest BCUT2D eigenvalue weighted by Crippen LogP contribution is -2.50. The Kier molecular flexibility index (Phi) is 5.14. The van der Waals surface area contributed by atoms with Crippen LogP contribution < -0.4 is 10.6 Å². The van der Waals surface area contributed by atoms with Crippen LogP contribution in [0.3, 0.4) is 0 Å². The molecule has 0 aliphatic heterocycles. The number of hydrogen-bond acceptors (Lipinski definition) is 3. The molecule has 1 saturated carbocycles. The molecule has 1 aliphatic rings. The molecule has 3 unspecified atom stereocenters. The van der Waals surface area contributed by atoms with E-state index in [2.05, 4.69) is 17.6 Å². The van der Waals surface area contributed by atoms with Crippen molar-refractivity contribution in [2.45, 2.75) is 45.2 Å². The largest absolute Gasteiger partial charge is 0.481 e. The van der Waals surface area contributed by atoms with E-state index in [9.17, 15) is 14.4 Å². The predicted octanol–water partition coefficient (Wildman–Crippen LogP) is 0.648. The van der Waals surface area contributed by atoms with Crippen molar-refractivity contribution in [2.24, 2.45) is 11.8 Å². The summed E-state index contributed by atoms with van der Waals surface area (Å²) in [7, 11) is 0. The zero-order valence-corrected chi connectivity index (χ0v) is 11.0. The van der Waals surface area contributed by atoms with E-state index in [1.165, 1.54) is 0 Å². The van der Waals surface area contributed by atoms with Crippen LogP contribution in [-0.2, 0) is 9.59 Å². The molecular weight excluding hydrogens is 252 g/mol. The second-order valence-corrected chi connectivity index (χ2v) is 5.13. The first-order valence-electron chi connectivity index (χ1n) is 6.33. The van der Waals surface area contributed by atoms with Crippen LogP contribution in [0.4, 0.5) is 4.79 Å². The monoisotopic (exact) mass is 272 g/mol. The summed E-state index contributed by atoms with van der Waals surface area (Å²) in [5.41, 5.74) is 0. The number of carbonyl (C=O) groups is 3. The highest BCUT2D eigenvalue weighted by Gasteiger charge is 2.31. The van der Waals surface area contributed by atoms with E-state index < -0.39 is 30.4 Å². The fraction of sp³-hybridized carbons (Fsp3) is 0.750. The number of carboxylic acid groups (broad SMARTS) is 2. The number of hydrogen-bond donors (Lipinski definition) is 4. The summed E-state index contributed by atoms with van der Waals surface area (Å²) in [6, 6.07) is -2.03. The van der Waals surface area contributed by atoms with Crippen molar-refractivity contribution in [1.82, 2.24) is 10.6 Å². The van der Waals surface area contributed by atoms with Crippen molar-refractivity contribution < 1.29 is 24.6 Å². The Bertz CT molecular complexity index is 371. The molecule has 1 fully saturated rings. The van der Waals surface area contributed by atoms with Crippen LogP contribution >= 0.6 is 0 Å². The topological polar surface area (TPSA) is 116 Å². The zero-order valence-electron chi connectivity index (χ0n) is 11.0. The molecule has 7 heteroatoms. The van der Waals surface area contributed by atoms with Gasteiger partial charge in [0, 0.05) is 6.04 Å². The summed E-state index contributed by atoms with van der Waals surface area (Å²) < 4.78 is 0. The van der Waals surface area contributed by atoms with Crippen LogP contribution in [0.25, 0.3) is 0 Å². The van der Waals surface area contributed by atoms with E-state index in [0.29, 0.717) is 11.8 Å². The van der Waals surface area contributed by atoms with Gasteiger partial charge in [0.2, 0.25) is 0 Å². The first-order chi connectivity index (χ1) is 8.81. The van der Waals surface area contributed by atoms with Gasteiger partial charge in [-0.3, -0.25) is 4.79 Å². The quantitative estimate of drug-likeness (QED) is 0.586. The van der Waals surface area contributed by atoms with E-state index >= 15 is 0 Å². The lowest BCUT2D eigenvalue weighted by molar-refractivity contribution is -0.145. The van der Waals surface area contributed by atoms with Crippen LogP contribution in [-0.4, -0.2) is 40.3 Å². The van der Waals surface area contributed by atoms with Crippen molar-refractivity contribution in [1.29, 1.82) is 0 Å². The minimum Gasteiger partial charge on any atom is -0.481 e. The average Bonchev–Trinajstić information content (AvgIpc) is 2.59. The van der Waals surface area contributed by atoms with E-state index in [1.54, 1.807) is 0 Å². The third-order valence-corrected chi connectivity index (χ3v) is 3.76. The normalized spacial score (nSPS) is 27.6. The summed E-state index contributed by atoms with van der Waals surface area (Å²) in [6.07, 6.45) is 1.23. The number of carboxylic acids is 2. The van der Waals surface area contributed by atoms with Gasteiger partial charge in [0.15, 0.2) is 0 Å². The number of rotatable bonds is 5. The van der Waals surface area contributed by atoms with Gasteiger partial charge >= 0.3 is 18.0 Å². The molecule has 0 spiro atoms. The highest BCUT2D eigenvalue weighted by Crippen LogP contribution is 2.30. The van der Waals surface area contributed by atoms with Crippen LogP contribution in [0.1, 0.15) is 33.1 Å². The van der Waals surface area contributed by atoms with Crippen LogP contribution in [0.5, 0.6) is 0 Å². The fourth-order valence-electron chi connectivity index (χ4n) is 2.31. The summed E-state index contributed by atoms with van der Waals surface area (Å²) in [5.74, 6) is -1.78. The Morgan fingerprint density at radius 1 is 1.21 bits per heavy atom. The molecule has 0 saturated heterocycles. The van der Waals surface area contributed by atoms with Gasteiger partial charge in [-0.25, -0.2) is 9.59 Å². The maximum absolute atomic E-state index is 11.7. The number of carbonyl (C=O) groups excluding carboxylic acids is 1. The molecule has 4 atom stereocenters. The molecule has 1 aliphatic carbocycles. The van der Waals surface area contributed by atoms with Gasteiger partial charge < -0.3 is 20.8 Å². The highest BCUT2D eigenvalue weighted by molar-refractivity contribution is 5.86. The lowest BCUT2D eigenvalue weighted by Gasteiger charge is -2.21. The van der Waals surface area contributed by atoms with Gasteiger partial charge in [-0.2, -0.15) is 0 Å². The summed E-state index contributed by atoms with van der Waals surface area (Å²) in [6.45, 7) is 4.14. The van der Waals surface area contributed by atoms with Crippen molar-refractivity contribution in [3.63, 3.8) is 0 Å². The Labute approximate surface area is 111 Å². The molecule has 2 amide bonds. The van der Waals surface area contributed by atoms with Crippen molar-refractivity contribution in [3.8, 4) is 0 Å². The van der Waals surface area contributed by atoms with Gasteiger partial charge in [-0.1, -0.05) is 13.8 Å². The second kappa shape index (κ2) is 6.40. The van der Waals surface area contributed by atoms with Gasteiger partial charge in [-0.15, -0.1) is 0 Å². The molecule has 7 nitrogen and oxygen atoms in total. The van der Waals surface area contributed by atoms with E-state index in [0.717, 1.165) is 12.8 Å². The predicted molar refractivity (Wildman–Crippen MR) is 66.7 cm³/mol. The Morgan fingerprint density at radius 2 is 1.84 bits per heavy atom. The molecule has 0 radical (unpaired) electrons. The minimum absolute atomic E-state index is 0.00859. The van der Waals surface area contributed by atoms with E-state index in [-0.39, 0.29) is 6.04 Å². The van der Waals surface area contributed by atoms with Gasteiger partial charge in [0.25, 0.3) is 0 Å². The molecule has 19 heavy (non-hydrogen) atoms. The van der Waals surface area contributed by atoms with E-state index in [4.69, 9.17) is 10.2 Å². The average molecular weight is 272 g/mol. The smallest absolute Gasteiger partial charge is 0.326 e. The summed E-state index contributed by atoms with van der Waals surface area (Å²) in [5, 5.41) is 22.3. The van der Waals surface area contributed by atoms with Crippen LogP contribution in [0.2, 0.25) is 0 Å². The third kappa shape index (κ3) is 4.42. The van der Waals surface area contributed by atoms with Crippen molar-refractivity contribution >= 4 is 18.0 Å². The molecule has 108 valence electrons. The van der Waals surface area contributed by atoms with Crippen molar-refractivity contribution in [3.05, 3.63) is 0 Å². The summed E-state index contributed by atoms with van der Waals surface area (Å²) in [4.78, 5) is 33.0. The minimum atomic E-state index is -1.41. The molecule has 0 aromatic carbocycles. The summed E-state index contributed by atoms with van der Waals surface area (Å²) >= 11 is 0. The molecule has 1 rings (SSSR count). The first-order valence-corrected chi connectivity index (χ1v) is 6.33. The maximum atomic E-state index is 11.7. The van der Waals surface area contributed by atoms with Gasteiger partial charge in [-0.05, 0) is 24.7 Å². The van der Waals surface area contributed by atoms with Crippen LogP contribution in [0.15, 0.2) is 0 Å². The molecular formula is C12H20N2O5. The third-order valence-electron chi connectivity index (χ3n) is 3.76. The molecule has 0 aromatic heterocycles. The van der Waals surface area contributed by atoms with Crippen LogP contribution in [0, 0.1) is 11.8 Å². The fourth-order valence-corrected chi connectivity index (χ4v) is 2.31. The molecule has 0 bridgehead atoms. The number of nitrogens with one attached hydrogen (secondary N) is 2. The second-order valence-electron chi connectivity index (χ2n) is 5.13. The van der Waals surface area contributed by atoms with E-state index in [1.807, 2.05) is 6.92 Å². The number of aliphatic carboxylic acids is 2. The Hall–Kier alpha value is -1.79. The maximum Gasteiger partial charge on any atom is 0.326 e. The zero-order chi connectivity index (χ0) is 14.6. The molecule has 0 aromatic rings. The van der Waals surface area contributed by atoms with Gasteiger partial charge in [0.1, 0.15) is 6.04 Å². The number of amides is 2. The first kappa shape index (κ1) is 15.3.